The average molecular weight is 912 g/mol. The lowest BCUT2D eigenvalue weighted by molar-refractivity contribution is -0.637. The van der Waals surface area contributed by atoms with Gasteiger partial charge in [-0.3, -0.25) is 20.2 Å². The first-order valence-corrected chi connectivity index (χ1v) is 22.8. The summed E-state index contributed by atoms with van der Waals surface area (Å²) in [6.07, 6.45) is 19.7. The number of aryl methyl sites for hydroxylation is 1. The average Bonchev–Trinajstić information content (AvgIpc) is 4.14. The molecule has 8 aromatic heterocycles. The second-order valence-corrected chi connectivity index (χ2v) is 18.1. The van der Waals surface area contributed by atoms with Gasteiger partial charge in [-0.05, 0) is 111 Å². The van der Waals surface area contributed by atoms with Crippen molar-refractivity contribution in [2.24, 2.45) is 5.92 Å². The summed E-state index contributed by atoms with van der Waals surface area (Å²) < 4.78 is 39.0. The van der Waals surface area contributed by atoms with Gasteiger partial charge in [0.1, 0.15) is 17.1 Å². The third-order valence-electron chi connectivity index (χ3n) is 11.0. The number of rotatable bonds is 14. The van der Waals surface area contributed by atoms with E-state index in [-0.39, 0.29) is 18.4 Å². The number of fused-ring (bicyclic) bond motifs is 1. The van der Waals surface area contributed by atoms with Crippen LogP contribution in [0.2, 0.25) is 0 Å². The summed E-state index contributed by atoms with van der Waals surface area (Å²) in [4.78, 5) is 48.9. The lowest BCUT2D eigenvalue weighted by Crippen LogP contribution is -2.40. The number of amides is 2. The highest BCUT2D eigenvalue weighted by molar-refractivity contribution is 7.14. The quantitative estimate of drug-likeness (QED) is 0.0819. The molecule has 1 aliphatic rings. The van der Waals surface area contributed by atoms with Crippen LogP contribution < -0.4 is 15.2 Å². The number of carbonyl (C=O) groups excluding carboxylic acids is 2. The van der Waals surface area contributed by atoms with E-state index in [2.05, 4.69) is 55.9 Å². The molecule has 0 fully saturated rings. The molecule has 0 radical (unpaired) electrons. The van der Waals surface area contributed by atoms with Crippen LogP contribution >= 0.6 is 22.7 Å². The van der Waals surface area contributed by atoms with Gasteiger partial charge in [-0.1, -0.05) is 11.9 Å². The molecular formula is C47H45F2N12O2S2+. The van der Waals surface area contributed by atoms with Gasteiger partial charge < -0.3 is 13.7 Å². The van der Waals surface area contributed by atoms with Crippen molar-refractivity contribution >= 4 is 69.1 Å². The number of hydrogen-bond donors (Lipinski definition) is 2. The van der Waals surface area contributed by atoms with E-state index < -0.39 is 11.9 Å². The number of carbonyl (C=O) groups is 2. The monoisotopic (exact) mass is 911 g/mol. The first kappa shape index (κ1) is 43.1. The number of pyridine rings is 2. The zero-order valence-corrected chi connectivity index (χ0v) is 37.7. The van der Waals surface area contributed by atoms with E-state index in [1.807, 2.05) is 69.6 Å². The Hall–Kier alpha value is -7.18. The van der Waals surface area contributed by atoms with E-state index in [9.17, 15) is 14.0 Å². The van der Waals surface area contributed by atoms with E-state index in [1.165, 1.54) is 45.6 Å². The fourth-order valence-corrected chi connectivity index (χ4v) is 9.06. The second kappa shape index (κ2) is 18.5. The fourth-order valence-electron chi connectivity index (χ4n) is 7.71. The molecule has 0 bridgehead atoms. The predicted molar refractivity (Wildman–Crippen MR) is 248 cm³/mol. The molecule has 18 heteroatoms. The highest BCUT2D eigenvalue weighted by Crippen LogP contribution is 2.27. The third kappa shape index (κ3) is 9.83. The van der Waals surface area contributed by atoms with Gasteiger partial charge in [-0.15, -0.1) is 22.7 Å². The molecule has 2 N–H and O–H groups in total. The van der Waals surface area contributed by atoms with Gasteiger partial charge in [-0.2, -0.15) is 13.3 Å². The van der Waals surface area contributed by atoms with Crippen molar-refractivity contribution in [3.8, 4) is 5.95 Å². The van der Waals surface area contributed by atoms with Gasteiger partial charge in [0.05, 0.1) is 36.2 Å². The topological polar surface area (TPSA) is 146 Å². The van der Waals surface area contributed by atoms with Crippen LogP contribution in [0.1, 0.15) is 99.4 Å². The van der Waals surface area contributed by atoms with Crippen molar-refractivity contribution in [3.63, 3.8) is 0 Å². The van der Waals surface area contributed by atoms with Gasteiger partial charge in [-0.25, -0.2) is 24.5 Å². The summed E-state index contributed by atoms with van der Waals surface area (Å²) in [5, 5.41) is 10.4. The normalized spacial score (nSPS) is 13.9. The molecule has 1 atom stereocenters. The van der Waals surface area contributed by atoms with E-state index in [0.29, 0.717) is 80.9 Å². The van der Waals surface area contributed by atoms with Crippen LogP contribution in [0.25, 0.3) is 30.3 Å². The van der Waals surface area contributed by atoms with Crippen LogP contribution in [-0.4, -0.2) is 55.0 Å². The number of thiazole rings is 2. The first-order chi connectivity index (χ1) is 31.4. The SMILES string of the molecule is Cc1cc(C(=O)Nc2nc(/C=C/c3cn(C(C)C)cn3)cs2)n(Cc2cc[n+](-c3nc(/C=C/c4csc(NC(=O)c5cccn5Cc5ccnc(F)c5)n4)c4n3CC(C)CC4)c(F)c2)c1. The number of halogens is 2. The number of imidazole rings is 2. The Bertz CT molecular complexity index is 3090. The van der Waals surface area contributed by atoms with Crippen molar-refractivity contribution in [1.82, 2.24) is 43.2 Å². The lowest BCUT2D eigenvalue weighted by Gasteiger charge is -2.18. The van der Waals surface area contributed by atoms with Crippen molar-refractivity contribution in [2.75, 3.05) is 10.6 Å². The smallest absolute Gasteiger partial charge is 0.339 e. The van der Waals surface area contributed by atoms with E-state index >= 15 is 4.39 Å². The van der Waals surface area contributed by atoms with Crippen LogP contribution in [0.4, 0.5) is 19.0 Å². The zero-order chi connectivity index (χ0) is 45.2. The number of nitrogens with zero attached hydrogens (tertiary/aromatic N) is 10. The minimum atomic E-state index is -0.580. The fraction of sp³-hybridized carbons (Fsp3) is 0.234. The lowest BCUT2D eigenvalue weighted by atomic mass is 9.99. The molecule has 0 saturated carbocycles. The maximum absolute atomic E-state index is 16.2. The van der Waals surface area contributed by atoms with Crippen LogP contribution in [0.3, 0.4) is 0 Å². The Morgan fingerprint density at radius 1 is 0.862 bits per heavy atom. The van der Waals surface area contributed by atoms with Crippen LogP contribution in [0.5, 0.6) is 0 Å². The van der Waals surface area contributed by atoms with E-state index in [4.69, 9.17) is 4.98 Å². The highest BCUT2D eigenvalue weighted by Gasteiger charge is 2.32. The molecule has 2 amide bonds. The molecule has 0 aliphatic carbocycles. The Labute approximate surface area is 381 Å². The molecule has 0 saturated heterocycles. The van der Waals surface area contributed by atoms with Crippen molar-refractivity contribution in [1.29, 1.82) is 0 Å². The maximum atomic E-state index is 16.2. The molecule has 9 rings (SSSR count). The highest BCUT2D eigenvalue weighted by atomic mass is 32.1. The number of hydrogen-bond acceptors (Lipinski definition) is 9. The van der Waals surface area contributed by atoms with Gasteiger partial charge in [0, 0.05) is 67.2 Å². The summed E-state index contributed by atoms with van der Waals surface area (Å²) in [5.74, 6) is -0.876. The minimum Gasteiger partial charge on any atom is -0.339 e. The third-order valence-corrected chi connectivity index (χ3v) is 12.6. The first-order valence-electron chi connectivity index (χ1n) is 21.1. The van der Waals surface area contributed by atoms with Crippen molar-refractivity contribution in [2.45, 2.75) is 66.2 Å². The number of nitrogens with one attached hydrogen (secondary N) is 2. The van der Waals surface area contributed by atoms with Crippen LogP contribution in [0, 0.1) is 24.7 Å². The van der Waals surface area contributed by atoms with Crippen molar-refractivity contribution < 1.29 is 22.9 Å². The summed E-state index contributed by atoms with van der Waals surface area (Å²) in [7, 11) is 0. The molecule has 14 nitrogen and oxygen atoms in total. The number of aromatic nitrogens is 10. The van der Waals surface area contributed by atoms with Gasteiger partial charge in [0.25, 0.3) is 17.8 Å². The number of anilines is 2. The largest absolute Gasteiger partial charge is 0.406 e. The Kier molecular flexibility index (Phi) is 12.3. The maximum Gasteiger partial charge on any atom is 0.406 e. The van der Waals surface area contributed by atoms with Crippen LogP contribution in [0.15, 0.2) is 90.5 Å². The predicted octanol–water partition coefficient (Wildman–Crippen LogP) is 8.96. The van der Waals surface area contributed by atoms with Gasteiger partial charge >= 0.3 is 5.95 Å². The Morgan fingerprint density at radius 3 is 2.29 bits per heavy atom. The Morgan fingerprint density at radius 2 is 1.57 bits per heavy atom. The Balaban J connectivity index is 0.872. The summed E-state index contributed by atoms with van der Waals surface area (Å²) >= 11 is 2.62. The molecule has 8 aromatic rings. The zero-order valence-electron chi connectivity index (χ0n) is 36.0. The second-order valence-electron chi connectivity index (χ2n) is 16.3. The van der Waals surface area contributed by atoms with E-state index in [1.54, 1.807) is 47.6 Å². The van der Waals surface area contributed by atoms with E-state index in [0.717, 1.165) is 29.8 Å². The summed E-state index contributed by atoms with van der Waals surface area (Å²) in [5.41, 5.74) is 6.96. The van der Waals surface area contributed by atoms with Gasteiger partial charge in [0.15, 0.2) is 16.0 Å². The molecule has 0 aromatic carbocycles. The summed E-state index contributed by atoms with van der Waals surface area (Å²) in [6.45, 7) is 9.53. The molecule has 65 heavy (non-hydrogen) atoms. The molecule has 9 heterocycles. The minimum absolute atomic E-state index is 0.267. The van der Waals surface area contributed by atoms with Crippen LogP contribution in [-0.2, 0) is 26.1 Å². The molecule has 1 aliphatic heterocycles. The molecule has 0 spiro atoms. The van der Waals surface area contributed by atoms with Gasteiger partial charge in [0.2, 0.25) is 5.95 Å². The summed E-state index contributed by atoms with van der Waals surface area (Å²) in [6, 6.07) is 11.9. The molecule has 1 unspecified atom stereocenters. The van der Waals surface area contributed by atoms with Crippen molar-refractivity contribution in [3.05, 3.63) is 159 Å². The standard InChI is InChI=1S/C47H44F2N12O2S2/c1-29(2)59-25-34(51-28-59)8-9-35-26-64-46(52-35)56-44(63)40-18-31(4)21-58(40)24-33-14-17-60(42(49)20-33)47-54-37(38-12-7-30(3)22-61(38)47)11-10-36-27-65-45(53-36)55-43(62)39-6-5-16-57(39)23-32-13-15-50-41(48)19-32/h5-6,8-11,13-21,25-30H,7,12,22-24H2,1-4H3,(H-,52,53,55,56,62,63)/p+1/b9-8+,11-10+. The molecular weight excluding hydrogens is 867 g/mol. The molecule has 330 valence electrons.